The van der Waals surface area contributed by atoms with Crippen LogP contribution in [0.5, 0.6) is 0 Å². The van der Waals surface area contributed by atoms with Crippen LogP contribution >= 0.6 is 20.0 Å². The molecule has 0 aromatic rings. The van der Waals surface area contributed by atoms with E-state index in [0.29, 0.717) is 5.16 Å². The molecule has 1 heterocycles. The van der Waals surface area contributed by atoms with Gasteiger partial charge in [-0.1, -0.05) is 13.8 Å². The molecule has 3 heteroatoms. The Hall–Kier alpha value is 0.680. The van der Waals surface area contributed by atoms with Gasteiger partial charge in [0.05, 0.1) is 20.0 Å². The molecule has 1 rings (SSSR count). The number of rotatable bonds is 1. The lowest BCUT2D eigenvalue weighted by molar-refractivity contribution is 0.697. The van der Waals surface area contributed by atoms with E-state index in [2.05, 4.69) is 17.9 Å². The second kappa shape index (κ2) is 1.58. The highest BCUT2D eigenvalue weighted by atomic mass is 35.5. The molecule has 0 amide bonds. The van der Waals surface area contributed by atoms with Crippen molar-refractivity contribution in [3.05, 3.63) is 0 Å². The van der Waals surface area contributed by atoms with Crippen molar-refractivity contribution in [2.24, 2.45) is 0 Å². The van der Waals surface area contributed by atoms with Crippen LogP contribution in [0, 0.1) is 0 Å². The van der Waals surface area contributed by atoms with Crippen LogP contribution in [-0.2, 0) is 4.08 Å². The lowest BCUT2D eigenvalue weighted by atomic mass is 10.3. The summed E-state index contributed by atoms with van der Waals surface area (Å²) in [6.07, 6.45) is 1.17. The predicted molar refractivity (Wildman–Crippen MR) is 32.8 cm³/mol. The second-order valence-electron chi connectivity index (χ2n) is 2.42. The van der Waals surface area contributed by atoms with E-state index in [4.69, 9.17) is 11.9 Å². The van der Waals surface area contributed by atoms with Crippen LogP contribution in [0.25, 0.3) is 0 Å². The van der Waals surface area contributed by atoms with Crippen molar-refractivity contribution in [1.82, 2.24) is 0 Å². The molecule has 0 spiro atoms. The van der Waals surface area contributed by atoms with Gasteiger partial charge in [0.15, 0.2) is 0 Å². The lowest BCUT2D eigenvalue weighted by Gasteiger charge is -1.93. The standard InChI is InChI=1S/C4H8ClOP/c1-4(2)3-7(4)6-5/h3H2,1-2H3/t7-/m1/s1. The zero-order valence-electron chi connectivity index (χ0n) is 4.44. The van der Waals surface area contributed by atoms with E-state index in [1.807, 2.05) is 0 Å². The molecule has 0 unspecified atom stereocenters. The average molecular weight is 139 g/mol. The van der Waals surface area contributed by atoms with E-state index >= 15 is 0 Å². The van der Waals surface area contributed by atoms with E-state index in [0.717, 1.165) is 0 Å². The summed E-state index contributed by atoms with van der Waals surface area (Å²) in [5.74, 6) is 0. The lowest BCUT2D eigenvalue weighted by Crippen LogP contribution is -1.89. The summed E-state index contributed by atoms with van der Waals surface area (Å²) in [4.78, 5) is 0. The molecule has 0 aliphatic carbocycles. The fourth-order valence-electron chi connectivity index (χ4n) is 0.434. The van der Waals surface area contributed by atoms with Gasteiger partial charge in [0.25, 0.3) is 0 Å². The van der Waals surface area contributed by atoms with Crippen LogP contribution in [0.2, 0.25) is 0 Å². The van der Waals surface area contributed by atoms with E-state index in [1.54, 1.807) is 0 Å². The Morgan fingerprint density at radius 1 is 1.71 bits per heavy atom. The van der Waals surface area contributed by atoms with Crippen LogP contribution in [0.4, 0.5) is 0 Å². The Morgan fingerprint density at radius 3 is 2.14 bits per heavy atom. The quantitative estimate of drug-likeness (QED) is 0.506. The molecule has 0 radical (unpaired) electrons. The Balaban J connectivity index is 2.30. The molecule has 1 fully saturated rings. The molecule has 1 nitrogen and oxygen atoms in total. The summed E-state index contributed by atoms with van der Waals surface area (Å²) >= 11 is 5.11. The maximum Gasteiger partial charge on any atom is 0.0647 e. The van der Waals surface area contributed by atoms with E-state index in [9.17, 15) is 0 Å². The largest absolute Gasteiger partial charge is 0.256 e. The van der Waals surface area contributed by atoms with E-state index < -0.39 is 0 Å². The highest BCUT2D eigenvalue weighted by molar-refractivity contribution is 7.63. The minimum Gasteiger partial charge on any atom is -0.256 e. The first-order valence-corrected chi connectivity index (χ1v) is 3.98. The van der Waals surface area contributed by atoms with Gasteiger partial charge in [0, 0.05) is 11.3 Å². The number of halogens is 1. The van der Waals surface area contributed by atoms with Crippen LogP contribution < -0.4 is 0 Å². The van der Waals surface area contributed by atoms with Crippen LogP contribution in [-0.4, -0.2) is 11.3 Å². The molecule has 0 saturated carbocycles. The first-order chi connectivity index (χ1) is 3.17. The molecule has 42 valence electrons. The van der Waals surface area contributed by atoms with Crippen LogP contribution in [0.1, 0.15) is 13.8 Å². The van der Waals surface area contributed by atoms with Crippen molar-refractivity contribution in [1.29, 1.82) is 0 Å². The summed E-state index contributed by atoms with van der Waals surface area (Å²) in [5, 5.41) is 0.428. The number of hydrogen-bond donors (Lipinski definition) is 0. The normalized spacial score (nSPS) is 35.6. The van der Waals surface area contributed by atoms with Crippen LogP contribution in [0.3, 0.4) is 0 Å². The highest BCUT2D eigenvalue weighted by Crippen LogP contribution is 2.69. The molecule has 0 aromatic carbocycles. The Labute approximate surface area is 50.0 Å². The maximum absolute atomic E-state index is 5.11. The topological polar surface area (TPSA) is 9.23 Å². The van der Waals surface area contributed by atoms with Crippen molar-refractivity contribution in [2.45, 2.75) is 19.0 Å². The van der Waals surface area contributed by atoms with Gasteiger partial charge in [-0.05, 0) is 0 Å². The second-order valence-corrected chi connectivity index (χ2v) is 5.25. The third kappa shape index (κ3) is 1.07. The van der Waals surface area contributed by atoms with Crippen molar-refractivity contribution in [3.63, 3.8) is 0 Å². The first-order valence-electron chi connectivity index (χ1n) is 2.23. The molecule has 1 atom stereocenters. The predicted octanol–water partition coefficient (Wildman–Crippen LogP) is 2.35. The Morgan fingerprint density at radius 2 is 2.14 bits per heavy atom. The molecule has 1 saturated heterocycles. The average Bonchev–Trinajstić information content (AvgIpc) is 2.13. The van der Waals surface area contributed by atoms with Gasteiger partial charge in [-0.2, -0.15) is 0 Å². The smallest absolute Gasteiger partial charge is 0.0647 e. The van der Waals surface area contributed by atoms with E-state index in [1.165, 1.54) is 6.16 Å². The maximum atomic E-state index is 5.11. The first kappa shape index (κ1) is 5.81. The molecule has 0 aromatic heterocycles. The van der Waals surface area contributed by atoms with Gasteiger partial charge in [-0.15, -0.1) is 0 Å². The third-order valence-electron chi connectivity index (χ3n) is 1.19. The van der Waals surface area contributed by atoms with Gasteiger partial charge < -0.3 is 0 Å². The zero-order chi connectivity index (χ0) is 5.49. The van der Waals surface area contributed by atoms with Crippen molar-refractivity contribution in [3.8, 4) is 0 Å². The molecule has 0 N–H and O–H groups in total. The van der Waals surface area contributed by atoms with E-state index in [-0.39, 0.29) is 8.15 Å². The zero-order valence-corrected chi connectivity index (χ0v) is 6.09. The molecule has 1 aliphatic rings. The molecular weight excluding hydrogens is 130 g/mol. The molecule has 1 aliphatic heterocycles. The third-order valence-corrected chi connectivity index (χ3v) is 4.06. The van der Waals surface area contributed by atoms with Gasteiger partial charge in [0.2, 0.25) is 0 Å². The Kier molecular flexibility index (Phi) is 1.31. The van der Waals surface area contributed by atoms with Crippen LogP contribution in [0.15, 0.2) is 0 Å². The van der Waals surface area contributed by atoms with Gasteiger partial charge in [0.1, 0.15) is 0 Å². The molecule has 0 bridgehead atoms. The summed E-state index contributed by atoms with van der Waals surface area (Å²) in [6.45, 7) is 4.34. The van der Waals surface area contributed by atoms with Gasteiger partial charge in [-0.3, -0.25) is 4.08 Å². The summed E-state index contributed by atoms with van der Waals surface area (Å²) in [6, 6.07) is 0. The highest BCUT2D eigenvalue weighted by Gasteiger charge is 2.47. The van der Waals surface area contributed by atoms with Crippen molar-refractivity contribution < 1.29 is 4.08 Å². The van der Waals surface area contributed by atoms with Gasteiger partial charge >= 0.3 is 0 Å². The summed E-state index contributed by atoms with van der Waals surface area (Å²) in [7, 11) is -0.226. The molecule has 7 heavy (non-hydrogen) atoms. The van der Waals surface area contributed by atoms with Crippen molar-refractivity contribution >= 4 is 20.0 Å². The van der Waals surface area contributed by atoms with Crippen molar-refractivity contribution in [2.75, 3.05) is 6.16 Å². The minimum absolute atomic E-state index is 0.226. The summed E-state index contributed by atoms with van der Waals surface area (Å²) in [5.41, 5.74) is 0. The minimum atomic E-state index is -0.226. The number of hydrogen-bond acceptors (Lipinski definition) is 1. The molecular formula is C4H8ClOP. The van der Waals surface area contributed by atoms with Gasteiger partial charge in [-0.25, -0.2) is 0 Å². The Bertz CT molecular complexity index is 83.8. The SMILES string of the molecule is CC1(C)C[P@@]1OCl. The fraction of sp³-hybridized carbons (Fsp3) is 1.00. The monoisotopic (exact) mass is 138 g/mol. The summed E-state index contributed by atoms with van der Waals surface area (Å²) < 4.78 is 4.61. The fourth-order valence-corrected chi connectivity index (χ4v) is 2.18.